The number of imidazole rings is 1. The van der Waals surface area contributed by atoms with E-state index in [4.69, 9.17) is 4.74 Å². The minimum Gasteiger partial charge on any atom is -0.377 e. The van der Waals surface area contributed by atoms with Crippen molar-refractivity contribution in [1.29, 1.82) is 0 Å². The van der Waals surface area contributed by atoms with E-state index in [0.29, 0.717) is 29.2 Å². The topological polar surface area (TPSA) is 123 Å². The van der Waals surface area contributed by atoms with E-state index >= 15 is 0 Å². The Labute approximate surface area is 219 Å². The summed E-state index contributed by atoms with van der Waals surface area (Å²) in [5, 5.41) is 10.2. The van der Waals surface area contributed by atoms with Gasteiger partial charge >= 0.3 is 6.61 Å². The second-order valence-electron chi connectivity index (χ2n) is 9.57. The van der Waals surface area contributed by atoms with Gasteiger partial charge in [0.1, 0.15) is 10.6 Å². The van der Waals surface area contributed by atoms with Gasteiger partial charge in [0.05, 0.1) is 37.2 Å². The van der Waals surface area contributed by atoms with E-state index in [9.17, 15) is 26.0 Å². The lowest BCUT2D eigenvalue weighted by Crippen LogP contribution is -2.59. The van der Waals surface area contributed by atoms with Gasteiger partial charge in [-0.25, -0.2) is 26.9 Å². The molecular weight excluding hydrogens is 554 g/mol. The SMILES string of the molecule is C[C@@H]1CN(c2cc(S(=O)(=O)NC3(C)COC3)cn3c(-c4nnc(C(F)F)s4)cnc23)C[C@@H](COC(F)F)N1. The first kappa shape index (κ1) is 27.1. The van der Waals surface area contributed by atoms with Crippen LogP contribution in [-0.4, -0.2) is 85.1 Å². The van der Waals surface area contributed by atoms with E-state index in [2.05, 4.69) is 30.0 Å². The highest BCUT2D eigenvalue weighted by Crippen LogP contribution is 2.34. The van der Waals surface area contributed by atoms with Crippen LogP contribution < -0.4 is 14.9 Å². The molecule has 5 rings (SSSR count). The van der Waals surface area contributed by atoms with Gasteiger partial charge in [-0.05, 0) is 19.9 Å². The first-order chi connectivity index (χ1) is 17.9. The average Bonchev–Trinajstić information content (AvgIpc) is 3.48. The van der Waals surface area contributed by atoms with Gasteiger partial charge in [-0.15, -0.1) is 10.2 Å². The number of fused-ring (bicyclic) bond motifs is 1. The third-order valence-corrected chi connectivity index (χ3v) is 8.72. The summed E-state index contributed by atoms with van der Waals surface area (Å²) in [6.45, 7) is 1.46. The summed E-state index contributed by atoms with van der Waals surface area (Å²) in [5.74, 6) is 0. The maximum atomic E-state index is 13.4. The maximum Gasteiger partial charge on any atom is 0.345 e. The third kappa shape index (κ3) is 5.48. The van der Waals surface area contributed by atoms with Gasteiger partial charge in [0.25, 0.3) is 6.43 Å². The lowest BCUT2D eigenvalue weighted by atomic mass is 10.0. The van der Waals surface area contributed by atoms with Gasteiger partial charge in [0, 0.05) is 31.4 Å². The summed E-state index contributed by atoms with van der Waals surface area (Å²) >= 11 is 0.675. The molecule has 0 bridgehead atoms. The van der Waals surface area contributed by atoms with Gasteiger partial charge in [-0.3, -0.25) is 4.40 Å². The van der Waals surface area contributed by atoms with Crippen LogP contribution in [0.4, 0.5) is 23.2 Å². The van der Waals surface area contributed by atoms with Gasteiger partial charge in [-0.1, -0.05) is 11.3 Å². The number of pyridine rings is 1. The zero-order valence-corrected chi connectivity index (χ0v) is 21.9. The molecule has 17 heteroatoms. The molecule has 2 aliphatic heterocycles. The summed E-state index contributed by atoms with van der Waals surface area (Å²) in [4.78, 5) is 6.18. The first-order valence-electron chi connectivity index (χ1n) is 11.6. The summed E-state index contributed by atoms with van der Waals surface area (Å²) in [7, 11) is -4.06. The number of ether oxygens (including phenoxy) is 2. The Kier molecular flexibility index (Phi) is 7.34. The largest absolute Gasteiger partial charge is 0.377 e. The molecule has 2 aliphatic rings. The quantitative estimate of drug-likeness (QED) is 0.368. The number of hydrogen-bond acceptors (Lipinski definition) is 10. The Morgan fingerprint density at radius 3 is 2.68 bits per heavy atom. The monoisotopic (exact) mass is 579 g/mol. The van der Waals surface area contributed by atoms with E-state index < -0.39 is 39.6 Å². The Morgan fingerprint density at radius 1 is 1.29 bits per heavy atom. The van der Waals surface area contributed by atoms with Crippen molar-refractivity contribution >= 4 is 32.7 Å². The van der Waals surface area contributed by atoms with Gasteiger partial charge in [0.2, 0.25) is 10.0 Å². The van der Waals surface area contributed by atoms with E-state index in [1.165, 1.54) is 22.9 Å². The Morgan fingerprint density at radius 2 is 2.05 bits per heavy atom. The van der Waals surface area contributed by atoms with E-state index in [-0.39, 0.29) is 48.0 Å². The van der Waals surface area contributed by atoms with Crippen molar-refractivity contribution in [3.8, 4) is 10.7 Å². The highest BCUT2D eigenvalue weighted by molar-refractivity contribution is 7.89. The molecule has 38 heavy (non-hydrogen) atoms. The molecule has 0 aromatic carbocycles. The van der Waals surface area contributed by atoms with Crippen molar-refractivity contribution in [3.05, 3.63) is 23.5 Å². The molecule has 0 aliphatic carbocycles. The second kappa shape index (κ2) is 10.3. The number of hydrogen-bond donors (Lipinski definition) is 2. The van der Waals surface area contributed by atoms with Crippen molar-refractivity contribution in [1.82, 2.24) is 29.6 Å². The van der Waals surface area contributed by atoms with Gasteiger partial charge < -0.3 is 19.7 Å². The fourth-order valence-electron chi connectivity index (χ4n) is 4.52. The standard InChI is InChI=1S/C21H25F4N7O4S2/c1-11-5-31(6-12(27-11)8-36-20(24)25)14-3-13(38(33,34)30-21(2)9-35-10-21)7-32-15(4-26-17(14)32)18-28-29-19(37-18)16(22)23/h3-4,7,11-12,16,20,27,30H,5-6,8-10H2,1-2H3/t11-,12+/m1/s1. The van der Waals surface area contributed by atoms with Crippen LogP contribution in [0.3, 0.4) is 0 Å². The molecule has 11 nitrogen and oxygen atoms in total. The summed E-state index contributed by atoms with van der Waals surface area (Å²) in [6, 6.07) is 0.847. The van der Waals surface area contributed by atoms with Crippen LogP contribution in [0.15, 0.2) is 23.4 Å². The van der Waals surface area contributed by atoms with Crippen molar-refractivity contribution in [3.63, 3.8) is 0 Å². The van der Waals surface area contributed by atoms with Crippen molar-refractivity contribution in [2.75, 3.05) is 37.8 Å². The molecule has 2 saturated heterocycles. The number of nitrogens with zero attached hydrogens (tertiary/aromatic N) is 5. The van der Waals surface area contributed by atoms with Gasteiger partial charge in [-0.2, -0.15) is 8.78 Å². The van der Waals surface area contributed by atoms with Crippen LogP contribution >= 0.6 is 11.3 Å². The molecule has 2 atom stereocenters. The minimum absolute atomic E-state index is 0.0995. The first-order valence-corrected chi connectivity index (χ1v) is 13.9. The Balaban J connectivity index is 1.59. The number of aromatic nitrogens is 4. The predicted molar refractivity (Wildman–Crippen MR) is 129 cm³/mol. The zero-order chi connectivity index (χ0) is 27.2. The molecule has 0 unspecified atom stereocenters. The number of halogens is 4. The molecule has 208 valence electrons. The molecular formula is C21H25F4N7O4S2. The molecule has 3 aromatic heterocycles. The molecule has 0 amide bonds. The number of anilines is 1. The summed E-state index contributed by atoms with van der Waals surface area (Å²) in [5.41, 5.74) is 0.261. The number of alkyl halides is 4. The number of sulfonamides is 1. The van der Waals surface area contributed by atoms with E-state index in [0.717, 1.165) is 0 Å². The van der Waals surface area contributed by atoms with E-state index in [1.807, 2.05) is 11.8 Å². The molecule has 2 fully saturated rings. The Hall–Kier alpha value is -2.44. The van der Waals surface area contributed by atoms with Crippen LogP contribution in [0.5, 0.6) is 0 Å². The number of rotatable bonds is 9. The van der Waals surface area contributed by atoms with Crippen LogP contribution in [0.25, 0.3) is 16.3 Å². The zero-order valence-electron chi connectivity index (χ0n) is 20.3. The minimum atomic E-state index is -4.06. The maximum absolute atomic E-state index is 13.4. The van der Waals surface area contributed by atoms with Crippen molar-refractivity contribution in [2.45, 2.75) is 49.4 Å². The predicted octanol–water partition coefficient (Wildman–Crippen LogP) is 2.26. The lowest BCUT2D eigenvalue weighted by Gasteiger charge is -2.39. The summed E-state index contributed by atoms with van der Waals surface area (Å²) in [6.07, 6.45) is -0.0576. The van der Waals surface area contributed by atoms with Crippen LogP contribution in [-0.2, 0) is 19.5 Å². The highest BCUT2D eigenvalue weighted by Gasteiger charge is 2.38. The fourth-order valence-corrected chi connectivity index (χ4v) is 6.63. The highest BCUT2D eigenvalue weighted by atomic mass is 32.2. The fraction of sp³-hybridized carbons (Fsp3) is 0.571. The second-order valence-corrected chi connectivity index (χ2v) is 12.3. The number of piperazine rings is 1. The van der Waals surface area contributed by atoms with Crippen LogP contribution in [0, 0.1) is 0 Å². The van der Waals surface area contributed by atoms with Crippen molar-refractivity contribution in [2.24, 2.45) is 0 Å². The average molecular weight is 580 g/mol. The van der Waals surface area contributed by atoms with Crippen LogP contribution in [0.1, 0.15) is 25.3 Å². The molecule has 0 saturated carbocycles. The van der Waals surface area contributed by atoms with Crippen LogP contribution in [0.2, 0.25) is 0 Å². The molecule has 2 N–H and O–H groups in total. The molecule has 0 spiro atoms. The number of nitrogens with one attached hydrogen (secondary N) is 2. The lowest BCUT2D eigenvalue weighted by molar-refractivity contribution is -0.134. The summed E-state index contributed by atoms with van der Waals surface area (Å²) < 4.78 is 92.3. The molecule has 5 heterocycles. The van der Waals surface area contributed by atoms with E-state index in [1.54, 1.807) is 6.92 Å². The third-order valence-electron chi connectivity index (χ3n) is 6.16. The molecule has 3 aromatic rings. The molecule has 0 radical (unpaired) electrons. The van der Waals surface area contributed by atoms with Crippen molar-refractivity contribution < 1.29 is 35.5 Å². The van der Waals surface area contributed by atoms with Gasteiger partial charge in [0.15, 0.2) is 15.7 Å². The smallest absolute Gasteiger partial charge is 0.345 e. The Bertz CT molecular complexity index is 1410. The normalized spacial score (nSPS) is 21.9.